The van der Waals surface area contributed by atoms with Crippen LogP contribution in [0.1, 0.15) is 31.9 Å². The number of anilines is 2. The molecule has 184 valence electrons. The minimum atomic E-state index is -3.34. The van der Waals surface area contributed by atoms with Gasteiger partial charge in [-0.15, -0.1) is 0 Å². The molecule has 1 aromatic heterocycles. The number of benzene rings is 1. The summed E-state index contributed by atoms with van der Waals surface area (Å²) in [5.41, 5.74) is 1.82. The second-order valence-electron chi connectivity index (χ2n) is 8.71. The molecule has 11 heteroatoms. The standard InChI is InChI=1S/C23H31N5O5S/c1-3-18-15-33-13-11-28(18)20-14-19(23(8-9-23)34(2,31)32)26-21(27-20)16-4-6-17(7-5-16)25-22(30)24-10-12-29/h4-7,14,18,29H,3,8-13,15H2,1-2H3,(H2,24,25,30)/t18-/m0/s1. The molecule has 0 radical (unpaired) electrons. The highest BCUT2D eigenvalue weighted by Crippen LogP contribution is 2.52. The average Bonchev–Trinajstić information content (AvgIpc) is 3.65. The van der Waals surface area contributed by atoms with Crippen LogP contribution in [0.2, 0.25) is 0 Å². The maximum atomic E-state index is 12.6. The summed E-state index contributed by atoms with van der Waals surface area (Å²) in [6.45, 7) is 3.97. The van der Waals surface area contributed by atoms with Crippen molar-refractivity contribution >= 4 is 27.4 Å². The molecule has 10 nitrogen and oxygen atoms in total. The molecule has 2 amide bonds. The van der Waals surface area contributed by atoms with Crippen molar-refractivity contribution in [3.63, 3.8) is 0 Å². The second kappa shape index (κ2) is 9.85. The Morgan fingerprint density at radius 1 is 1.26 bits per heavy atom. The van der Waals surface area contributed by atoms with Gasteiger partial charge in [0.1, 0.15) is 10.6 Å². The lowest BCUT2D eigenvalue weighted by Crippen LogP contribution is -2.45. The van der Waals surface area contributed by atoms with Crippen molar-refractivity contribution in [1.29, 1.82) is 0 Å². The number of carbonyl (C=O) groups is 1. The minimum absolute atomic E-state index is 0.140. The van der Waals surface area contributed by atoms with E-state index in [2.05, 4.69) is 22.5 Å². The molecule has 2 aliphatic rings. The molecular weight excluding hydrogens is 458 g/mol. The van der Waals surface area contributed by atoms with Crippen molar-refractivity contribution < 1.29 is 23.1 Å². The van der Waals surface area contributed by atoms with E-state index in [-0.39, 0.29) is 19.2 Å². The number of nitrogens with zero attached hydrogens (tertiary/aromatic N) is 3. The van der Waals surface area contributed by atoms with Crippen LogP contribution in [0.3, 0.4) is 0 Å². The van der Waals surface area contributed by atoms with Crippen LogP contribution in [0.5, 0.6) is 0 Å². The Bertz CT molecular complexity index is 1130. The average molecular weight is 490 g/mol. The van der Waals surface area contributed by atoms with E-state index in [1.807, 2.05) is 6.07 Å². The zero-order chi connectivity index (χ0) is 24.3. The topological polar surface area (TPSA) is 134 Å². The lowest BCUT2D eigenvalue weighted by Gasteiger charge is -2.36. The Kier molecular flexibility index (Phi) is 7.06. The summed E-state index contributed by atoms with van der Waals surface area (Å²) in [5, 5.41) is 14.0. The number of aliphatic hydroxyl groups excluding tert-OH is 1. The first-order chi connectivity index (χ1) is 16.3. The fourth-order valence-electron chi connectivity index (χ4n) is 4.22. The van der Waals surface area contributed by atoms with E-state index in [4.69, 9.17) is 19.8 Å². The molecule has 1 saturated heterocycles. The number of nitrogens with one attached hydrogen (secondary N) is 2. The summed E-state index contributed by atoms with van der Waals surface area (Å²) < 4.78 is 30.0. The Morgan fingerprint density at radius 3 is 2.62 bits per heavy atom. The van der Waals surface area contributed by atoms with Crippen LogP contribution < -0.4 is 15.5 Å². The van der Waals surface area contributed by atoms with E-state index < -0.39 is 20.6 Å². The molecule has 2 aromatic rings. The first-order valence-corrected chi connectivity index (χ1v) is 13.4. The molecule has 1 aromatic carbocycles. The van der Waals surface area contributed by atoms with Gasteiger partial charge in [-0.05, 0) is 43.5 Å². The highest BCUT2D eigenvalue weighted by atomic mass is 32.2. The van der Waals surface area contributed by atoms with Crippen molar-refractivity contribution in [3.8, 4) is 11.4 Å². The summed E-state index contributed by atoms with van der Waals surface area (Å²) in [6.07, 6.45) is 3.25. The highest BCUT2D eigenvalue weighted by molar-refractivity contribution is 7.91. The van der Waals surface area contributed by atoms with Gasteiger partial charge < -0.3 is 25.4 Å². The summed E-state index contributed by atoms with van der Waals surface area (Å²) in [7, 11) is -3.34. The molecule has 1 saturated carbocycles. The van der Waals surface area contributed by atoms with Crippen LogP contribution in [-0.2, 0) is 19.3 Å². The molecule has 34 heavy (non-hydrogen) atoms. The van der Waals surface area contributed by atoms with Crippen molar-refractivity contribution in [2.24, 2.45) is 0 Å². The number of urea groups is 1. The van der Waals surface area contributed by atoms with Crippen LogP contribution in [-0.4, -0.2) is 74.7 Å². The predicted molar refractivity (Wildman–Crippen MR) is 130 cm³/mol. The predicted octanol–water partition coefficient (Wildman–Crippen LogP) is 1.91. The van der Waals surface area contributed by atoms with Gasteiger partial charge >= 0.3 is 6.03 Å². The molecule has 3 N–H and O–H groups in total. The van der Waals surface area contributed by atoms with Crippen molar-refractivity contribution in [2.75, 3.05) is 49.4 Å². The summed E-state index contributed by atoms with van der Waals surface area (Å²) >= 11 is 0. The van der Waals surface area contributed by atoms with Crippen LogP contribution >= 0.6 is 0 Å². The Balaban J connectivity index is 1.69. The van der Waals surface area contributed by atoms with Gasteiger partial charge in [0, 0.05) is 36.7 Å². The van der Waals surface area contributed by atoms with Crippen molar-refractivity contribution in [1.82, 2.24) is 15.3 Å². The van der Waals surface area contributed by atoms with Gasteiger partial charge in [-0.1, -0.05) is 6.92 Å². The molecule has 1 aliphatic carbocycles. The van der Waals surface area contributed by atoms with Crippen LogP contribution in [0.4, 0.5) is 16.3 Å². The normalized spacial score (nSPS) is 19.5. The first-order valence-electron chi connectivity index (χ1n) is 11.5. The molecule has 1 aliphatic heterocycles. The van der Waals surface area contributed by atoms with E-state index in [1.165, 1.54) is 6.26 Å². The van der Waals surface area contributed by atoms with Gasteiger partial charge in [0.25, 0.3) is 0 Å². The fraction of sp³-hybridized carbons (Fsp3) is 0.522. The monoisotopic (exact) mass is 489 g/mol. The lowest BCUT2D eigenvalue weighted by atomic mass is 10.1. The maximum Gasteiger partial charge on any atom is 0.319 e. The third kappa shape index (κ3) is 5.01. The molecule has 2 heterocycles. The Labute approximate surface area is 199 Å². The van der Waals surface area contributed by atoms with E-state index in [9.17, 15) is 13.2 Å². The van der Waals surface area contributed by atoms with Crippen molar-refractivity contribution in [2.45, 2.75) is 37.0 Å². The molecule has 0 bridgehead atoms. The van der Waals surface area contributed by atoms with Gasteiger partial charge in [-0.25, -0.2) is 23.2 Å². The molecule has 1 atom stereocenters. The Morgan fingerprint density at radius 2 is 2.00 bits per heavy atom. The summed E-state index contributed by atoms with van der Waals surface area (Å²) in [5.74, 6) is 1.15. The number of sulfone groups is 1. The van der Waals surface area contributed by atoms with E-state index in [0.717, 1.165) is 12.0 Å². The zero-order valence-electron chi connectivity index (χ0n) is 19.5. The van der Waals surface area contributed by atoms with Crippen LogP contribution in [0.25, 0.3) is 11.4 Å². The molecule has 2 fully saturated rings. The SMILES string of the molecule is CC[C@H]1COCCN1c1cc(C2(S(C)(=O)=O)CC2)nc(-c2ccc(NC(=O)NCCO)cc2)n1. The number of carbonyl (C=O) groups excluding carboxylic acids is 1. The van der Waals surface area contributed by atoms with E-state index in [1.54, 1.807) is 24.3 Å². The first kappa shape index (κ1) is 24.4. The molecule has 4 rings (SSSR count). The lowest BCUT2D eigenvalue weighted by molar-refractivity contribution is 0.0925. The van der Waals surface area contributed by atoms with Gasteiger partial charge in [0.05, 0.1) is 31.6 Å². The number of amides is 2. The van der Waals surface area contributed by atoms with E-state index in [0.29, 0.717) is 55.6 Å². The number of morpholine rings is 1. The van der Waals surface area contributed by atoms with Crippen molar-refractivity contribution in [3.05, 3.63) is 36.0 Å². The fourth-order valence-corrected chi connectivity index (χ4v) is 5.54. The van der Waals surface area contributed by atoms with Gasteiger partial charge in [-0.2, -0.15) is 0 Å². The number of aliphatic hydroxyl groups is 1. The van der Waals surface area contributed by atoms with Crippen LogP contribution in [0, 0.1) is 0 Å². The third-order valence-corrected chi connectivity index (χ3v) is 8.42. The summed E-state index contributed by atoms with van der Waals surface area (Å²) in [4.78, 5) is 23.5. The zero-order valence-corrected chi connectivity index (χ0v) is 20.3. The highest BCUT2D eigenvalue weighted by Gasteiger charge is 2.55. The third-order valence-electron chi connectivity index (χ3n) is 6.38. The Hall–Kier alpha value is -2.76. The van der Waals surface area contributed by atoms with Gasteiger partial charge in [-0.3, -0.25) is 0 Å². The van der Waals surface area contributed by atoms with Gasteiger partial charge in [0.15, 0.2) is 15.7 Å². The largest absolute Gasteiger partial charge is 0.395 e. The van der Waals surface area contributed by atoms with E-state index >= 15 is 0 Å². The molecular formula is C23H31N5O5S. The van der Waals surface area contributed by atoms with Crippen LogP contribution in [0.15, 0.2) is 30.3 Å². The molecule has 0 unspecified atom stereocenters. The number of rotatable bonds is 8. The number of ether oxygens (including phenoxy) is 1. The number of aromatic nitrogens is 2. The smallest absolute Gasteiger partial charge is 0.319 e. The maximum absolute atomic E-state index is 12.6. The number of hydrogen-bond donors (Lipinski definition) is 3. The minimum Gasteiger partial charge on any atom is -0.395 e. The summed E-state index contributed by atoms with van der Waals surface area (Å²) in [6, 6.07) is 8.62. The quantitative estimate of drug-likeness (QED) is 0.512. The van der Waals surface area contributed by atoms with Gasteiger partial charge in [0.2, 0.25) is 0 Å². The molecule has 0 spiro atoms. The second-order valence-corrected chi connectivity index (χ2v) is 11.0. The number of hydrogen-bond acceptors (Lipinski definition) is 8.